The number of hydrogen-bond donors (Lipinski definition) is 1. The summed E-state index contributed by atoms with van der Waals surface area (Å²) in [4.78, 5) is 11.3. The third-order valence-corrected chi connectivity index (χ3v) is 3.78. The van der Waals surface area contributed by atoms with Crippen molar-refractivity contribution in [3.63, 3.8) is 0 Å². The Bertz CT molecular complexity index is 765. The largest absolute Gasteiger partial charge is 0.295 e. The van der Waals surface area contributed by atoms with Gasteiger partial charge >= 0.3 is 0 Å². The molecule has 0 heterocycles. The molecule has 0 aliphatic heterocycles. The van der Waals surface area contributed by atoms with E-state index in [4.69, 9.17) is 0 Å². The second-order valence-electron chi connectivity index (χ2n) is 4.50. The molecule has 21 heavy (non-hydrogen) atoms. The van der Waals surface area contributed by atoms with Gasteiger partial charge in [0.05, 0.1) is 5.41 Å². The molecule has 0 atom stereocenters. The van der Waals surface area contributed by atoms with Crippen molar-refractivity contribution in [1.82, 2.24) is 0 Å². The minimum absolute atomic E-state index is 0.115. The molecule has 1 N–H and O–H groups in total. The van der Waals surface area contributed by atoms with E-state index in [1.807, 2.05) is 30.3 Å². The van der Waals surface area contributed by atoms with Crippen molar-refractivity contribution in [1.29, 1.82) is 0 Å². The van der Waals surface area contributed by atoms with Crippen molar-refractivity contribution in [3.05, 3.63) is 71.1 Å². The normalized spacial score (nSPS) is 11.5. The van der Waals surface area contributed by atoms with Gasteiger partial charge in [0.15, 0.2) is 5.78 Å². The molecule has 0 radical (unpaired) electrons. The monoisotopic (exact) mass is 301 g/mol. The van der Waals surface area contributed by atoms with Crippen LogP contribution in [0, 0.1) is 0 Å². The molecule has 0 aliphatic rings. The molecule has 0 fully saturated rings. The van der Waals surface area contributed by atoms with Gasteiger partial charge in [-0.25, -0.2) is 8.42 Å². The lowest BCUT2D eigenvalue weighted by atomic mass is 10.1. The Morgan fingerprint density at radius 3 is 2.43 bits per heavy atom. The van der Waals surface area contributed by atoms with E-state index in [1.165, 1.54) is 19.1 Å². The maximum atomic E-state index is 12.0. The zero-order valence-electron chi connectivity index (χ0n) is 11.5. The van der Waals surface area contributed by atoms with Crippen molar-refractivity contribution in [2.24, 2.45) is 0 Å². The standard InChI is InChI=1S/C16H15NO3S/c1-13(18)15-8-5-9-16(12-15)17-21(19,20)11-10-14-6-3-2-4-7-14/h2-12,17H,1H3. The van der Waals surface area contributed by atoms with Crippen LogP contribution in [0.4, 0.5) is 5.69 Å². The molecule has 0 saturated carbocycles. The SMILES string of the molecule is CC(=O)c1cccc(NS(=O)(=O)C=Cc2ccccc2)c1. The molecule has 0 aromatic heterocycles. The summed E-state index contributed by atoms with van der Waals surface area (Å²) in [6.45, 7) is 1.43. The number of carbonyl (C=O) groups excluding carboxylic acids is 1. The number of hydrogen-bond acceptors (Lipinski definition) is 3. The number of sulfonamides is 1. The zero-order valence-corrected chi connectivity index (χ0v) is 12.3. The van der Waals surface area contributed by atoms with Crippen molar-refractivity contribution >= 4 is 27.6 Å². The summed E-state index contributed by atoms with van der Waals surface area (Å²) in [5.41, 5.74) is 1.61. The molecule has 5 heteroatoms. The topological polar surface area (TPSA) is 63.2 Å². The summed E-state index contributed by atoms with van der Waals surface area (Å²) < 4.78 is 26.4. The summed E-state index contributed by atoms with van der Waals surface area (Å²) in [5, 5.41) is 1.10. The van der Waals surface area contributed by atoms with E-state index in [1.54, 1.807) is 18.2 Å². The van der Waals surface area contributed by atoms with Gasteiger partial charge in [0, 0.05) is 11.3 Å². The fraction of sp³-hybridized carbons (Fsp3) is 0.0625. The van der Waals surface area contributed by atoms with Gasteiger partial charge in [0.25, 0.3) is 10.0 Å². The first kappa shape index (κ1) is 15.0. The molecule has 2 aromatic rings. The van der Waals surface area contributed by atoms with Crippen LogP contribution in [0.2, 0.25) is 0 Å². The number of benzene rings is 2. The molecule has 2 rings (SSSR count). The van der Waals surface area contributed by atoms with Crippen LogP contribution in [0.3, 0.4) is 0 Å². The van der Waals surface area contributed by atoms with Crippen molar-refractivity contribution < 1.29 is 13.2 Å². The lowest BCUT2D eigenvalue weighted by Crippen LogP contribution is -2.09. The Kier molecular flexibility index (Phi) is 4.55. The number of ketones is 1. The van der Waals surface area contributed by atoms with E-state index in [2.05, 4.69) is 4.72 Å². The highest BCUT2D eigenvalue weighted by molar-refractivity contribution is 7.95. The Hall–Kier alpha value is -2.40. The molecule has 108 valence electrons. The van der Waals surface area contributed by atoms with E-state index >= 15 is 0 Å². The Morgan fingerprint density at radius 2 is 1.76 bits per heavy atom. The van der Waals surface area contributed by atoms with Gasteiger partial charge in [-0.15, -0.1) is 0 Å². The van der Waals surface area contributed by atoms with E-state index in [0.29, 0.717) is 11.3 Å². The van der Waals surface area contributed by atoms with Crippen LogP contribution in [-0.2, 0) is 10.0 Å². The Morgan fingerprint density at radius 1 is 1.05 bits per heavy atom. The van der Waals surface area contributed by atoms with Crippen LogP contribution in [-0.4, -0.2) is 14.2 Å². The fourth-order valence-corrected chi connectivity index (χ4v) is 2.59. The first-order valence-corrected chi connectivity index (χ1v) is 7.88. The molecule has 0 bridgehead atoms. The lowest BCUT2D eigenvalue weighted by molar-refractivity contribution is 0.101. The first-order chi connectivity index (χ1) is 9.96. The van der Waals surface area contributed by atoms with E-state index in [9.17, 15) is 13.2 Å². The molecular weight excluding hydrogens is 286 g/mol. The minimum atomic E-state index is -3.62. The number of nitrogens with one attached hydrogen (secondary N) is 1. The van der Waals surface area contributed by atoms with Gasteiger partial charge in [0.2, 0.25) is 0 Å². The number of rotatable bonds is 5. The molecule has 0 spiro atoms. The third-order valence-electron chi connectivity index (χ3n) is 2.77. The third kappa shape index (κ3) is 4.57. The summed E-state index contributed by atoms with van der Waals surface area (Å²) in [7, 11) is -3.62. The van der Waals surface area contributed by atoms with Crippen molar-refractivity contribution in [3.8, 4) is 0 Å². The highest BCUT2D eigenvalue weighted by Gasteiger charge is 2.07. The molecule has 0 unspecified atom stereocenters. The molecule has 0 amide bonds. The average molecular weight is 301 g/mol. The number of Topliss-reactive ketones (excluding diaryl/α,β-unsaturated/α-hetero) is 1. The minimum Gasteiger partial charge on any atom is -0.295 e. The lowest BCUT2D eigenvalue weighted by Gasteiger charge is -2.05. The van der Waals surface area contributed by atoms with Gasteiger partial charge in [0.1, 0.15) is 0 Å². The summed E-state index contributed by atoms with van der Waals surface area (Å²) in [5.74, 6) is -0.115. The van der Waals surface area contributed by atoms with Crippen LogP contribution >= 0.6 is 0 Å². The fourth-order valence-electron chi connectivity index (χ4n) is 1.73. The van der Waals surface area contributed by atoms with Gasteiger partial charge in [-0.3, -0.25) is 9.52 Å². The van der Waals surface area contributed by atoms with Crippen LogP contribution in [0.1, 0.15) is 22.8 Å². The van der Waals surface area contributed by atoms with Gasteiger partial charge < -0.3 is 0 Å². The molecule has 0 aliphatic carbocycles. The van der Waals surface area contributed by atoms with E-state index in [0.717, 1.165) is 11.0 Å². The van der Waals surface area contributed by atoms with Gasteiger partial charge in [-0.1, -0.05) is 42.5 Å². The number of carbonyl (C=O) groups is 1. The second-order valence-corrected chi connectivity index (χ2v) is 6.06. The predicted molar refractivity (Wildman–Crippen MR) is 84.5 cm³/mol. The number of anilines is 1. The van der Waals surface area contributed by atoms with E-state index < -0.39 is 10.0 Å². The quantitative estimate of drug-likeness (QED) is 0.862. The van der Waals surface area contributed by atoms with Crippen LogP contribution in [0.25, 0.3) is 6.08 Å². The average Bonchev–Trinajstić information content (AvgIpc) is 2.46. The molecule has 2 aromatic carbocycles. The van der Waals surface area contributed by atoms with Crippen LogP contribution < -0.4 is 4.72 Å². The van der Waals surface area contributed by atoms with Crippen LogP contribution in [0.5, 0.6) is 0 Å². The van der Waals surface area contributed by atoms with Crippen LogP contribution in [0.15, 0.2) is 60.0 Å². The summed E-state index contributed by atoms with van der Waals surface area (Å²) in [6, 6.07) is 15.5. The Balaban J connectivity index is 2.16. The van der Waals surface area contributed by atoms with Gasteiger partial charge in [-0.2, -0.15) is 0 Å². The van der Waals surface area contributed by atoms with Crippen molar-refractivity contribution in [2.75, 3.05) is 4.72 Å². The van der Waals surface area contributed by atoms with Gasteiger partial charge in [-0.05, 0) is 30.7 Å². The second kappa shape index (κ2) is 6.37. The highest BCUT2D eigenvalue weighted by atomic mass is 32.2. The molecule has 4 nitrogen and oxygen atoms in total. The van der Waals surface area contributed by atoms with E-state index in [-0.39, 0.29) is 5.78 Å². The maximum absolute atomic E-state index is 12.0. The molecular formula is C16H15NO3S. The summed E-state index contributed by atoms with van der Waals surface area (Å²) >= 11 is 0. The Labute approximate surface area is 124 Å². The highest BCUT2D eigenvalue weighted by Crippen LogP contribution is 2.14. The first-order valence-electron chi connectivity index (χ1n) is 6.33. The maximum Gasteiger partial charge on any atom is 0.255 e. The molecule has 0 saturated heterocycles. The smallest absolute Gasteiger partial charge is 0.255 e. The van der Waals surface area contributed by atoms with Crippen molar-refractivity contribution in [2.45, 2.75) is 6.92 Å². The zero-order chi connectivity index (χ0) is 15.3. The summed E-state index contributed by atoms with van der Waals surface area (Å²) in [6.07, 6.45) is 1.51. The predicted octanol–water partition coefficient (Wildman–Crippen LogP) is 3.30.